The van der Waals surface area contributed by atoms with Gasteiger partial charge in [0.1, 0.15) is 6.33 Å². The Morgan fingerprint density at radius 1 is 1.19 bits per heavy atom. The Bertz CT molecular complexity index is 1320. The summed E-state index contributed by atoms with van der Waals surface area (Å²) in [5.74, 6) is -3.75. The lowest BCUT2D eigenvalue weighted by Crippen LogP contribution is -2.55. The highest BCUT2D eigenvalue weighted by atomic mass is 19.3. The van der Waals surface area contributed by atoms with Crippen LogP contribution in [0.1, 0.15) is 53.4 Å². The summed E-state index contributed by atoms with van der Waals surface area (Å²) in [4.78, 5) is 38.4. The van der Waals surface area contributed by atoms with Gasteiger partial charge in [0.25, 0.3) is 5.91 Å². The maximum atomic E-state index is 13.7. The van der Waals surface area contributed by atoms with E-state index >= 15 is 0 Å². The zero-order valence-electron chi connectivity index (χ0n) is 21.2. The molecule has 0 spiro atoms. The van der Waals surface area contributed by atoms with Crippen molar-refractivity contribution in [2.24, 2.45) is 5.92 Å². The number of alkyl halides is 2. The molecule has 3 aromatic heterocycles. The maximum absolute atomic E-state index is 13.7. The average Bonchev–Trinajstić information content (AvgIpc) is 3.47. The van der Waals surface area contributed by atoms with Gasteiger partial charge in [-0.15, -0.1) is 0 Å². The monoisotopic (exact) mass is 511 g/mol. The molecule has 2 amide bonds. The van der Waals surface area contributed by atoms with Gasteiger partial charge in [-0.3, -0.25) is 19.5 Å². The van der Waals surface area contributed by atoms with Crippen LogP contribution in [0.15, 0.2) is 30.9 Å². The van der Waals surface area contributed by atoms with Crippen LogP contribution in [-0.2, 0) is 11.3 Å². The van der Waals surface area contributed by atoms with Crippen LogP contribution < -0.4 is 5.32 Å². The Balaban J connectivity index is 1.31. The number of amides is 2. The summed E-state index contributed by atoms with van der Waals surface area (Å²) >= 11 is 0. The highest BCUT2D eigenvalue weighted by Crippen LogP contribution is 2.40. The number of fused-ring (bicyclic) bond motifs is 1. The second kappa shape index (κ2) is 9.77. The molecule has 1 N–H and O–H groups in total. The van der Waals surface area contributed by atoms with Crippen molar-refractivity contribution in [1.82, 2.24) is 29.4 Å². The van der Waals surface area contributed by atoms with Crippen LogP contribution in [0.2, 0.25) is 0 Å². The minimum Gasteiger partial charge on any atom is -0.337 e. The molecule has 9 nitrogen and oxygen atoms in total. The van der Waals surface area contributed by atoms with Crippen LogP contribution in [0.5, 0.6) is 0 Å². The summed E-state index contributed by atoms with van der Waals surface area (Å²) < 4.78 is 29.0. The van der Waals surface area contributed by atoms with Crippen LogP contribution in [0.3, 0.4) is 0 Å². The van der Waals surface area contributed by atoms with Crippen molar-refractivity contribution in [3.63, 3.8) is 0 Å². The molecule has 2 atom stereocenters. The molecule has 1 aliphatic carbocycles. The number of nitrogens with zero attached hydrogens (tertiary/aromatic N) is 6. The predicted molar refractivity (Wildman–Crippen MR) is 133 cm³/mol. The molecule has 0 aromatic carbocycles. The largest absolute Gasteiger partial charge is 0.337 e. The first-order valence-corrected chi connectivity index (χ1v) is 12.6. The van der Waals surface area contributed by atoms with Crippen molar-refractivity contribution in [1.29, 1.82) is 0 Å². The van der Waals surface area contributed by atoms with Gasteiger partial charge in [-0.05, 0) is 44.9 Å². The number of rotatable bonds is 5. The molecule has 196 valence electrons. The molecule has 1 unspecified atom stereocenters. The number of piperazine rings is 1. The fraction of sp³-hybridized carbons (Fsp3) is 0.500. The van der Waals surface area contributed by atoms with Gasteiger partial charge in [-0.2, -0.15) is 5.10 Å². The normalized spacial score (nSPS) is 21.9. The lowest BCUT2D eigenvalue weighted by Gasteiger charge is -2.41. The van der Waals surface area contributed by atoms with Crippen LogP contribution in [-0.4, -0.2) is 72.8 Å². The topological polar surface area (TPSA) is 95.7 Å². The number of pyridine rings is 2. The third kappa shape index (κ3) is 5.18. The van der Waals surface area contributed by atoms with E-state index in [-0.39, 0.29) is 37.1 Å². The zero-order valence-corrected chi connectivity index (χ0v) is 21.2. The van der Waals surface area contributed by atoms with Crippen LogP contribution >= 0.6 is 0 Å². The number of hydrogen-bond donors (Lipinski definition) is 1. The van der Waals surface area contributed by atoms with Gasteiger partial charge < -0.3 is 10.2 Å². The summed E-state index contributed by atoms with van der Waals surface area (Å²) in [7, 11) is 0. The van der Waals surface area contributed by atoms with Crippen molar-refractivity contribution in [3.8, 4) is 0 Å². The Labute approximate surface area is 213 Å². The summed E-state index contributed by atoms with van der Waals surface area (Å²) in [6.07, 6.45) is 4.46. The van der Waals surface area contributed by atoms with E-state index in [2.05, 4.69) is 25.3 Å². The van der Waals surface area contributed by atoms with Crippen molar-refractivity contribution >= 4 is 23.1 Å². The van der Waals surface area contributed by atoms with E-state index in [4.69, 9.17) is 0 Å². The van der Waals surface area contributed by atoms with Gasteiger partial charge in [0, 0.05) is 68.4 Å². The number of halogens is 2. The van der Waals surface area contributed by atoms with Gasteiger partial charge >= 0.3 is 0 Å². The smallest absolute Gasteiger partial charge is 0.257 e. The molecule has 0 bridgehead atoms. The van der Waals surface area contributed by atoms with Crippen LogP contribution in [0, 0.1) is 19.8 Å². The summed E-state index contributed by atoms with van der Waals surface area (Å²) in [5.41, 5.74) is 4.43. The zero-order chi connectivity index (χ0) is 26.3. The van der Waals surface area contributed by atoms with E-state index < -0.39 is 11.8 Å². The molecular formula is C26H31F2N7O2. The molecule has 3 aromatic rings. The van der Waals surface area contributed by atoms with Crippen molar-refractivity contribution in [3.05, 3.63) is 53.2 Å². The van der Waals surface area contributed by atoms with Gasteiger partial charge in [-0.1, -0.05) is 0 Å². The van der Waals surface area contributed by atoms with E-state index in [0.29, 0.717) is 43.1 Å². The molecule has 1 saturated heterocycles. The van der Waals surface area contributed by atoms with Crippen LogP contribution in [0.25, 0.3) is 5.65 Å². The van der Waals surface area contributed by atoms with Gasteiger partial charge in [0.15, 0.2) is 5.65 Å². The van der Waals surface area contributed by atoms with Crippen molar-refractivity contribution < 1.29 is 18.4 Å². The first-order valence-electron chi connectivity index (χ1n) is 12.6. The fourth-order valence-corrected chi connectivity index (χ4v) is 5.34. The highest BCUT2D eigenvalue weighted by Gasteiger charge is 2.44. The Morgan fingerprint density at radius 3 is 2.68 bits per heavy atom. The number of aryl methyl sites for hydroxylation is 1. The summed E-state index contributed by atoms with van der Waals surface area (Å²) in [6, 6.07) is 3.43. The molecular weight excluding hydrogens is 480 g/mol. The van der Waals surface area contributed by atoms with Gasteiger partial charge in [0.2, 0.25) is 11.8 Å². The third-order valence-electron chi connectivity index (χ3n) is 7.50. The lowest BCUT2D eigenvalue weighted by molar-refractivity contribution is -0.141. The molecule has 2 aliphatic rings. The quantitative estimate of drug-likeness (QED) is 0.564. The Kier molecular flexibility index (Phi) is 6.65. The van der Waals surface area contributed by atoms with Crippen LogP contribution in [0.4, 0.5) is 14.5 Å². The first-order chi connectivity index (χ1) is 17.6. The van der Waals surface area contributed by atoms with Gasteiger partial charge in [0.05, 0.1) is 17.4 Å². The minimum atomic E-state index is -2.73. The average molecular weight is 512 g/mol. The number of nitrogens with one attached hydrogen (secondary N) is 1. The van der Waals surface area contributed by atoms with E-state index in [0.717, 1.165) is 16.8 Å². The molecule has 1 saturated carbocycles. The minimum absolute atomic E-state index is 0.0957. The molecule has 0 radical (unpaired) electrons. The van der Waals surface area contributed by atoms with Crippen molar-refractivity contribution in [2.75, 3.05) is 25.0 Å². The SMILES string of the molecule is Cc1ccc(C(=O)Nc2cn3ncnc3c(CN3CCN(C(=O)C4CCC(F)(F)C4)[C@@H](C)C3)c2C)cn1. The molecule has 37 heavy (non-hydrogen) atoms. The van der Waals surface area contributed by atoms with Crippen molar-refractivity contribution in [2.45, 2.75) is 58.5 Å². The molecule has 4 heterocycles. The maximum Gasteiger partial charge on any atom is 0.257 e. The number of anilines is 1. The van der Waals surface area contributed by atoms with E-state index in [9.17, 15) is 18.4 Å². The Hall–Kier alpha value is -3.47. The highest BCUT2D eigenvalue weighted by molar-refractivity contribution is 6.04. The van der Waals surface area contributed by atoms with E-state index in [1.165, 1.54) is 6.33 Å². The Morgan fingerprint density at radius 2 is 2.00 bits per heavy atom. The standard InChI is InChI=1S/C26H31F2N7O2/c1-16-4-5-20(11-29-16)24(36)32-22-14-35-23(30-15-31-35)21(18(22)3)13-33-8-9-34(17(2)12-33)25(37)19-6-7-26(27,28)10-19/h4-5,11,14-15,17,19H,6-10,12-13H2,1-3H3,(H,32,36)/t17-,19?/m0/s1. The second-order valence-electron chi connectivity index (χ2n) is 10.2. The number of aromatic nitrogens is 4. The third-order valence-corrected chi connectivity index (χ3v) is 7.50. The summed E-state index contributed by atoms with van der Waals surface area (Å²) in [5, 5.41) is 7.26. The lowest BCUT2D eigenvalue weighted by atomic mass is 10.0. The van der Waals surface area contributed by atoms with E-state index in [1.54, 1.807) is 33.9 Å². The number of carbonyl (C=O) groups excluding carboxylic acids is 2. The first kappa shape index (κ1) is 25.2. The molecule has 11 heteroatoms. The summed E-state index contributed by atoms with van der Waals surface area (Å²) in [6.45, 7) is 8.03. The number of carbonyl (C=O) groups is 2. The number of hydrogen-bond acceptors (Lipinski definition) is 6. The molecule has 5 rings (SSSR count). The molecule has 1 aliphatic heterocycles. The predicted octanol–water partition coefficient (Wildman–Crippen LogP) is 3.46. The fourth-order valence-electron chi connectivity index (χ4n) is 5.34. The van der Waals surface area contributed by atoms with Gasteiger partial charge in [-0.25, -0.2) is 18.3 Å². The molecule has 2 fully saturated rings. The second-order valence-corrected chi connectivity index (χ2v) is 10.2. The van der Waals surface area contributed by atoms with E-state index in [1.807, 2.05) is 20.8 Å².